The highest BCUT2D eigenvalue weighted by molar-refractivity contribution is 5.94. The van der Waals surface area contributed by atoms with E-state index in [1.165, 1.54) is 14.2 Å². The molecule has 2 atom stereocenters. The lowest BCUT2D eigenvalue weighted by Gasteiger charge is -1.95. The molecule has 0 aromatic carbocycles. The van der Waals surface area contributed by atoms with Crippen molar-refractivity contribution in [1.82, 2.24) is 0 Å². The number of methoxy groups -OCH3 is 2. The van der Waals surface area contributed by atoms with Gasteiger partial charge in [0.1, 0.15) is 0 Å². The van der Waals surface area contributed by atoms with E-state index in [0.717, 1.165) is 0 Å². The van der Waals surface area contributed by atoms with Crippen LogP contribution in [0.2, 0.25) is 0 Å². The van der Waals surface area contributed by atoms with E-state index in [1.54, 1.807) is 0 Å². The maximum atomic E-state index is 10.9. The molecule has 1 unspecified atom stereocenters. The van der Waals surface area contributed by atoms with Crippen molar-refractivity contribution < 1.29 is 19.1 Å². The number of carbonyl (C=O) groups excluding carboxylic acids is 2. The largest absolute Gasteiger partial charge is 0.469 e. The topological polar surface area (TPSA) is 52.6 Å². The van der Waals surface area contributed by atoms with Gasteiger partial charge in [-0.05, 0) is 5.57 Å². The highest BCUT2D eigenvalue weighted by atomic mass is 16.5. The zero-order valence-electron chi connectivity index (χ0n) is 6.99. The first-order valence-electron chi connectivity index (χ1n) is 3.47. The summed E-state index contributed by atoms with van der Waals surface area (Å²) in [5.41, 5.74) is 0.578. The van der Waals surface area contributed by atoms with Crippen molar-refractivity contribution in [2.45, 2.75) is 0 Å². The summed E-state index contributed by atoms with van der Waals surface area (Å²) < 4.78 is 8.92. The maximum Gasteiger partial charge on any atom is 0.314 e. The Labute approximate surface area is 70.1 Å². The van der Waals surface area contributed by atoms with Crippen molar-refractivity contribution in [3.05, 3.63) is 12.2 Å². The summed E-state index contributed by atoms with van der Waals surface area (Å²) in [7, 11) is 2.56. The predicted molar refractivity (Wildman–Crippen MR) is 40.2 cm³/mol. The third-order valence-corrected chi connectivity index (χ3v) is 1.93. The Bertz CT molecular complexity index is 219. The molecule has 0 bridgehead atoms. The van der Waals surface area contributed by atoms with Gasteiger partial charge in [-0.25, -0.2) is 0 Å². The van der Waals surface area contributed by atoms with Crippen LogP contribution in [0.1, 0.15) is 0 Å². The number of esters is 2. The van der Waals surface area contributed by atoms with Gasteiger partial charge < -0.3 is 9.47 Å². The molecule has 0 amide bonds. The van der Waals surface area contributed by atoms with Crippen molar-refractivity contribution in [1.29, 1.82) is 0 Å². The van der Waals surface area contributed by atoms with Gasteiger partial charge in [-0.2, -0.15) is 0 Å². The van der Waals surface area contributed by atoms with Crippen LogP contribution in [0.3, 0.4) is 0 Å². The third-order valence-electron chi connectivity index (χ3n) is 1.93. The Morgan fingerprint density at radius 3 is 1.75 bits per heavy atom. The van der Waals surface area contributed by atoms with E-state index in [-0.39, 0.29) is 0 Å². The molecule has 1 saturated carbocycles. The first-order valence-corrected chi connectivity index (χ1v) is 3.47. The summed E-state index contributed by atoms with van der Waals surface area (Å²) >= 11 is 0. The molecule has 66 valence electrons. The molecule has 0 aliphatic heterocycles. The smallest absolute Gasteiger partial charge is 0.314 e. The number of ether oxygens (including phenoxy) is 2. The number of hydrogen-bond donors (Lipinski definition) is 0. The molecule has 0 spiro atoms. The van der Waals surface area contributed by atoms with Crippen LogP contribution in [0.4, 0.5) is 0 Å². The molecule has 4 nitrogen and oxygen atoms in total. The first kappa shape index (κ1) is 8.77. The predicted octanol–water partition coefficient (Wildman–Crippen LogP) is 0.135. The van der Waals surface area contributed by atoms with Crippen LogP contribution in [-0.2, 0) is 19.1 Å². The van der Waals surface area contributed by atoms with E-state index in [4.69, 9.17) is 0 Å². The molecule has 1 rings (SSSR count). The fraction of sp³-hybridized carbons (Fsp3) is 0.500. The van der Waals surface area contributed by atoms with E-state index in [0.29, 0.717) is 5.57 Å². The first-order chi connectivity index (χ1) is 5.63. The van der Waals surface area contributed by atoms with Crippen molar-refractivity contribution >= 4 is 11.9 Å². The summed E-state index contributed by atoms with van der Waals surface area (Å²) in [4.78, 5) is 21.8. The van der Waals surface area contributed by atoms with Crippen LogP contribution >= 0.6 is 0 Å². The van der Waals surface area contributed by atoms with Crippen LogP contribution in [0.15, 0.2) is 12.2 Å². The molecule has 1 fully saturated rings. The van der Waals surface area contributed by atoms with Gasteiger partial charge in [0.25, 0.3) is 0 Å². The molecule has 0 saturated heterocycles. The lowest BCUT2D eigenvalue weighted by molar-refractivity contribution is -0.148. The molecule has 12 heavy (non-hydrogen) atoms. The van der Waals surface area contributed by atoms with Crippen LogP contribution in [-0.4, -0.2) is 26.2 Å². The minimum absolute atomic E-state index is 0.421. The van der Waals surface area contributed by atoms with Gasteiger partial charge in [0.15, 0.2) is 0 Å². The SMILES string of the molecule is C=C1C(C(=O)OC)[C@H]1C(=O)OC. The maximum absolute atomic E-state index is 10.9. The van der Waals surface area contributed by atoms with Crippen molar-refractivity contribution in [3.63, 3.8) is 0 Å². The van der Waals surface area contributed by atoms with Crippen LogP contribution in [0.25, 0.3) is 0 Å². The second-order valence-electron chi connectivity index (χ2n) is 2.58. The van der Waals surface area contributed by atoms with Gasteiger partial charge in [0, 0.05) is 0 Å². The van der Waals surface area contributed by atoms with Gasteiger partial charge >= 0.3 is 11.9 Å². The van der Waals surface area contributed by atoms with Crippen molar-refractivity contribution in [2.75, 3.05) is 14.2 Å². The van der Waals surface area contributed by atoms with E-state index in [9.17, 15) is 9.59 Å². The lowest BCUT2D eigenvalue weighted by Crippen LogP contribution is -2.10. The van der Waals surface area contributed by atoms with E-state index < -0.39 is 23.8 Å². The van der Waals surface area contributed by atoms with E-state index >= 15 is 0 Å². The van der Waals surface area contributed by atoms with Crippen molar-refractivity contribution in [2.24, 2.45) is 11.8 Å². The zero-order chi connectivity index (χ0) is 9.30. The van der Waals surface area contributed by atoms with Crippen LogP contribution in [0.5, 0.6) is 0 Å². The fourth-order valence-electron chi connectivity index (χ4n) is 1.14. The minimum Gasteiger partial charge on any atom is -0.469 e. The summed E-state index contributed by atoms with van der Waals surface area (Å²) in [6.07, 6.45) is 0. The van der Waals surface area contributed by atoms with Gasteiger partial charge in [-0.15, -0.1) is 0 Å². The summed E-state index contributed by atoms with van der Waals surface area (Å²) in [5, 5.41) is 0. The number of carbonyl (C=O) groups is 2. The Morgan fingerprint density at radius 1 is 1.17 bits per heavy atom. The normalized spacial score (nSPS) is 26.3. The molecule has 1 aliphatic rings. The van der Waals surface area contributed by atoms with Gasteiger partial charge in [-0.3, -0.25) is 9.59 Å². The van der Waals surface area contributed by atoms with Gasteiger partial charge in [0.2, 0.25) is 0 Å². The molecular formula is C8H10O4. The molecule has 0 N–H and O–H groups in total. The molecule has 0 radical (unpaired) electrons. The average molecular weight is 170 g/mol. The minimum atomic E-state index is -0.484. The highest BCUT2D eigenvalue weighted by Gasteiger charge is 2.54. The van der Waals surface area contributed by atoms with E-state index in [2.05, 4.69) is 16.1 Å². The highest BCUT2D eigenvalue weighted by Crippen LogP contribution is 2.45. The molecule has 0 aromatic heterocycles. The summed E-state index contributed by atoms with van der Waals surface area (Å²) in [6.45, 7) is 3.57. The Hall–Kier alpha value is -1.32. The summed E-state index contributed by atoms with van der Waals surface area (Å²) in [6, 6.07) is 0. The van der Waals surface area contributed by atoms with E-state index in [1.807, 2.05) is 0 Å². The Kier molecular flexibility index (Phi) is 2.17. The lowest BCUT2D eigenvalue weighted by atomic mass is 10.3. The molecule has 4 heteroatoms. The molecule has 0 heterocycles. The van der Waals surface area contributed by atoms with Gasteiger partial charge in [-0.1, -0.05) is 6.58 Å². The number of rotatable bonds is 2. The van der Waals surface area contributed by atoms with Crippen LogP contribution in [0, 0.1) is 11.8 Å². The van der Waals surface area contributed by atoms with Crippen LogP contribution < -0.4 is 0 Å². The average Bonchev–Trinajstić information content (AvgIpc) is 2.74. The number of hydrogen-bond acceptors (Lipinski definition) is 4. The Balaban J connectivity index is 2.59. The molecular weight excluding hydrogens is 160 g/mol. The Morgan fingerprint density at radius 2 is 1.50 bits per heavy atom. The third kappa shape index (κ3) is 1.20. The standard InChI is InChI=1S/C8H10O4/c1-4-5(7(9)11-2)6(4)8(10)12-3/h5-6H,1H2,2-3H3/t5-,6?/m0/s1. The fourth-order valence-corrected chi connectivity index (χ4v) is 1.14. The second-order valence-corrected chi connectivity index (χ2v) is 2.58. The molecule has 0 aromatic rings. The quantitative estimate of drug-likeness (QED) is 0.436. The monoisotopic (exact) mass is 170 g/mol. The zero-order valence-corrected chi connectivity index (χ0v) is 6.99. The molecule has 1 aliphatic carbocycles. The van der Waals surface area contributed by atoms with Gasteiger partial charge in [0.05, 0.1) is 26.1 Å². The summed E-state index contributed by atoms with van der Waals surface area (Å²) in [5.74, 6) is -1.81. The van der Waals surface area contributed by atoms with Crippen molar-refractivity contribution in [3.8, 4) is 0 Å². The second kappa shape index (κ2) is 2.97.